The highest BCUT2D eigenvalue weighted by Gasteiger charge is 2.14. The Labute approximate surface area is 115 Å². The fourth-order valence-electron chi connectivity index (χ4n) is 1.78. The first-order chi connectivity index (χ1) is 8.81. The van der Waals surface area contributed by atoms with E-state index >= 15 is 0 Å². The molecule has 0 radical (unpaired) electrons. The normalized spacial score (nSPS) is 13.3. The van der Waals surface area contributed by atoms with Gasteiger partial charge < -0.3 is 10.6 Å². The van der Waals surface area contributed by atoms with Crippen LogP contribution in [0.4, 0.5) is 0 Å². The lowest BCUT2D eigenvalue weighted by Crippen LogP contribution is -2.41. The summed E-state index contributed by atoms with van der Waals surface area (Å²) in [7, 11) is 0. The van der Waals surface area contributed by atoms with Crippen molar-refractivity contribution >= 4 is 5.91 Å². The number of carbonyl (C=O) groups is 1. The van der Waals surface area contributed by atoms with E-state index in [2.05, 4.69) is 29.6 Å². The van der Waals surface area contributed by atoms with Gasteiger partial charge in [0.15, 0.2) is 0 Å². The summed E-state index contributed by atoms with van der Waals surface area (Å²) in [5, 5.41) is 10.5. The van der Waals surface area contributed by atoms with Crippen molar-refractivity contribution in [1.82, 2.24) is 20.4 Å². The van der Waals surface area contributed by atoms with E-state index in [0.29, 0.717) is 13.0 Å². The first kappa shape index (κ1) is 15.7. The van der Waals surface area contributed by atoms with Crippen molar-refractivity contribution in [2.45, 2.75) is 59.2 Å². The quantitative estimate of drug-likeness (QED) is 0.826. The monoisotopic (exact) mass is 266 g/mol. The second kappa shape index (κ2) is 6.70. The van der Waals surface area contributed by atoms with Gasteiger partial charge in [-0.3, -0.25) is 9.48 Å². The number of aromatic nitrogens is 2. The van der Waals surface area contributed by atoms with Crippen LogP contribution in [0, 0.1) is 0 Å². The van der Waals surface area contributed by atoms with Crippen LogP contribution in [0.1, 0.15) is 52.6 Å². The molecule has 0 aliphatic carbocycles. The number of amides is 1. The highest BCUT2D eigenvalue weighted by atomic mass is 16.1. The zero-order valence-corrected chi connectivity index (χ0v) is 12.7. The molecule has 108 valence electrons. The minimum absolute atomic E-state index is 0.0800. The van der Waals surface area contributed by atoms with Crippen LogP contribution in [0.5, 0.6) is 0 Å². The minimum atomic E-state index is -0.162. The summed E-state index contributed by atoms with van der Waals surface area (Å²) >= 11 is 0. The average molecular weight is 266 g/mol. The molecule has 0 spiro atoms. The molecule has 1 rings (SSSR count). The number of hydrogen-bond acceptors (Lipinski definition) is 3. The molecule has 0 bridgehead atoms. The van der Waals surface area contributed by atoms with Gasteiger partial charge in [0.2, 0.25) is 5.91 Å². The lowest BCUT2D eigenvalue weighted by atomic mass is 10.1. The highest BCUT2D eigenvalue weighted by Crippen LogP contribution is 2.10. The van der Waals surface area contributed by atoms with Crippen molar-refractivity contribution in [2.24, 2.45) is 0 Å². The van der Waals surface area contributed by atoms with E-state index in [1.807, 2.05) is 37.8 Å². The second-order valence-electron chi connectivity index (χ2n) is 5.85. The number of carbonyl (C=O) groups excluding carboxylic acids is 1. The summed E-state index contributed by atoms with van der Waals surface area (Å²) in [6.07, 6.45) is 4.40. The summed E-state index contributed by atoms with van der Waals surface area (Å²) in [5.41, 5.74) is 0.989. The number of nitrogens with zero attached hydrogens (tertiary/aromatic N) is 2. The summed E-state index contributed by atoms with van der Waals surface area (Å²) in [4.78, 5) is 11.7. The minimum Gasteiger partial charge on any atom is -0.351 e. The van der Waals surface area contributed by atoms with Crippen molar-refractivity contribution in [3.63, 3.8) is 0 Å². The Morgan fingerprint density at radius 2 is 2.16 bits per heavy atom. The SMILES string of the molecule is CCn1cc(C(C)NCCC(=O)NC(C)(C)C)cn1. The maximum Gasteiger partial charge on any atom is 0.221 e. The summed E-state index contributed by atoms with van der Waals surface area (Å²) < 4.78 is 1.90. The van der Waals surface area contributed by atoms with Crippen LogP contribution in [-0.4, -0.2) is 27.8 Å². The Morgan fingerprint density at radius 1 is 1.47 bits per heavy atom. The van der Waals surface area contributed by atoms with Crippen LogP contribution < -0.4 is 10.6 Å². The molecule has 0 aromatic carbocycles. The van der Waals surface area contributed by atoms with Crippen molar-refractivity contribution in [2.75, 3.05) is 6.54 Å². The van der Waals surface area contributed by atoms with Gasteiger partial charge in [-0.05, 0) is 34.6 Å². The topological polar surface area (TPSA) is 59.0 Å². The summed E-state index contributed by atoms with van der Waals surface area (Å²) in [6.45, 7) is 11.6. The van der Waals surface area contributed by atoms with Crippen molar-refractivity contribution < 1.29 is 4.79 Å². The van der Waals surface area contributed by atoms with Crippen molar-refractivity contribution in [1.29, 1.82) is 0 Å². The molecule has 1 aromatic rings. The van der Waals surface area contributed by atoms with Gasteiger partial charge in [0, 0.05) is 42.9 Å². The van der Waals surface area contributed by atoms with E-state index in [1.165, 1.54) is 0 Å². The molecule has 2 N–H and O–H groups in total. The number of rotatable bonds is 6. The first-order valence-electron chi connectivity index (χ1n) is 6.88. The van der Waals surface area contributed by atoms with Crippen LogP contribution in [-0.2, 0) is 11.3 Å². The van der Waals surface area contributed by atoms with E-state index in [-0.39, 0.29) is 17.5 Å². The highest BCUT2D eigenvalue weighted by molar-refractivity contribution is 5.76. The Morgan fingerprint density at radius 3 is 2.68 bits per heavy atom. The zero-order valence-electron chi connectivity index (χ0n) is 12.7. The molecule has 0 saturated heterocycles. The predicted molar refractivity (Wildman–Crippen MR) is 76.8 cm³/mol. The number of aryl methyl sites for hydroxylation is 1. The van der Waals surface area contributed by atoms with Crippen molar-refractivity contribution in [3.8, 4) is 0 Å². The Kier molecular flexibility index (Phi) is 5.54. The first-order valence-corrected chi connectivity index (χ1v) is 6.88. The molecule has 1 heterocycles. The van der Waals surface area contributed by atoms with Crippen LogP contribution >= 0.6 is 0 Å². The molecule has 0 saturated carbocycles. The number of nitrogens with one attached hydrogen (secondary N) is 2. The third-order valence-electron chi connectivity index (χ3n) is 2.79. The molecule has 5 nitrogen and oxygen atoms in total. The Hall–Kier alpha value is -1.36. The summed E-state index contributed by atoms with van der Waals surface area (Å²) in [5.74, 6) is 0.0800. The maximum absolute atomic E-state index is 11.7. The smallest absolute Gasteiger partial charge is 0.221 e. The lowest BCUT2D eigenvalue weighted by Gasteiger charge is -2.21. The lowest BCUT2D eigenvalue weighted by molar-refractivity contribution is -0.122. The Bertz CT molecular complexity index is 406. The van der Waals surface area contributed by atoms with Gasteiger partial charge in [0.05, 0.1) is 6.20 Å². The van der Waals surface area contributed by atoms with Gasteiger partial charge in [-0.1, -0.05) is 0 Å². The molecule has 1 amide bonds. The molecule has 1 atom stereocenters. The molecular formula is C14H26N4O. The fraction of sp³-hybridized carbons (Fsp3) is 0.714. The molecule has 5 heteroatoms. The number of hydrogen-bond donors (Lipinski definition) is 2. The van der Waals surface area contributed by atoms with E-state index in [4.69, 9.17) is 0 Å². The zero-order chi connectivity index (χ0) is 14.5. The molecule has 0 aliphatic rings. The van der Waals surface area contributed by atoms with Gasteiger partial charge in [0.25, 0.3) is 0 Å². The second-order valence-corrected chi connectivity index (χ2v) is 5.85. The van der Waals surface area contributed by atoms with Gasteiger partial charge >= 0.3 is 0 Å². The third kappa shape index (κ3) is 5.87. The van der Waals surface area contributed by atoms with Gasteiger partial charge in [-0.2, -0.15) is 5.10 Å². The van der Waals surface area contributed by atoms with Gasteiger partial charge in [-0.25, -0.2) is 0 Å². The third-order valence-corrected chi connectivity index (χ3v) is 2.79. The van der Waals surface area contributed by atoms with Gasteiger partial charge in [0.1, 0.15) is 0 Å². The van der Waals surface area contributed by atoms with Crippen LogP contribution in [0.3, 0.4) is 0 Å². The maximum atomic E-state index is 11.7. The van der Waals surface area contributed by atoms with E-state index in [1.54, 1.807) is 0 Å². The standard InChI is InChI=1S/C14H26N4O/c1-6-18-10-12(9-16-18)11(2)15-8-7-13(19)17-14(3,4)5/h9-11,15H,6-8H2,1-5H3,(H,17,19). The van der Waals surface area contributed by atoms with Crippen LogP contribution in [0.15, 0.2) is 12.4 Å². The van der Waals surface area contributed by atoms with Crippen molar-refractivity contribution in [3.05, 3.63) is 18.0 Å². The van der Waals surface area contributed by atoms with E-state index < -0.39 is 0 Å². The van der Waals surface area contributed by atoms with Crippen LogP contribution in [0.2, 0.25) is 0 Å². The molecule has 19 heavy (non-hydrogen) atoms. The summed E-state index contributed by atoms with van der Waals surface area (Å²) in [6, 6.07) is 0.211. The van der Waals surface area contributed by atoms with Gasteiger partial charge in [-0.15, -0.1) is 0 Å². The van der Waals surface area contributed by atoms with E-state index in [0.717, 1.165) is 12.1 Å². The molecule has 0 aliphatic heterocycles. The van der Waals surface area contributed by atoms with Crippen LogP contribution in [0.25, 0.3) is 0 Å². The molecule has 1 aromatic heterocycles. The van der Waals surface area contributed by atoms with E-state index in [9.17, 15) is 4.79 Å². The average Bonchev–Trinajstić information content (AvgIpc) is 2.74. The molecule has 0 fully saturated rings. The Balaban J connectivity index is 2.31. The molecule has 1 unspecified atom stereocenters. The fourth-order valence-corrected chi connectivity index (χ4v) is 1.78. The predicted octanol–water partition coefficient (Wildman–Crippen LogP) is 1.86. The molecular weight excluding hydrogens is 240 g/mol. The largest absolute Gasteiger partial charge is 0.351 e.